The van der Waals surface area contributed by atoms with Gasteiger partial charge in [-0.25, -0.2) is 4.98 Å². The summed E-state index contributed by atoms with van der Waals surface area (Å²) in [6.07, 6.45) is 2.82. The maximum Gasteiger partial charge on any atom is 0.320 e. The van der Waals surface area contributed by atoms with Gasteiger partial charge in [0.15, 0.2) is 0 Å². The van der Waals surface area contributed by atoms with Gasteiger partial charge in [0.25, 0.3) is 0 Å². The molecule has 0 saturated carbocycles. The van der Waals surface area contributed by atoms with Crippen molar-refractivity contribution >= 4 is 17.3 Å². The molecule has 2 N–H and O–H groups in total. The lowest BCUT2D eigenvalue weighted by molar-refractivity contribution is -0.139. The Hall–Kier alpha value is -0.940. The number of carboxylic acid groups (broad SMARTS) is 1. The minimum atomic E-state index is -0.839. The van der Waals surface area contributed by atoms with Crippen molar-refractivity contribution in [1.29, 1.82) is 0 Å². The maximum atomic E-state index is 10.6. The second-order valence-corrected chi connectivity index (χ2v) is 4.61. The van der Waals surface area contributed by atoms with Gasteiger partial charge >= 0.3 is 5.97 Å². The largest absolute Gasteiger partial charge is 0.480 e. The highest BCUT2D eigenvalue weighted by Gasteiger charge is 2.16. The molecule has 0 spiro atoms. The minimum Gasteiger partial charge on any atom is -0.480 e. The van der Waals surface area contributed by atoms with Crippen LogP contribution >= 0.6 is 11.3 Å². The fourth-order valence-electron chi connectivity index (χ4n) is 1.20. The van der Waals surface area contributed by atoms with E-state index in [-0.39, 0.29) is 6.04 Å². The monoisotopic (exact) mass is 228 g/mol. The Labute approximate surface area is 93.4 Å². The van der Waals surface area contributed by atoms with Crippen LogP contribution in [0.5, 0.6) is 0 Å². The first-order valence-electron chi connectivity index (χ1n) is 4.98. The maximum absolute atomic E-state index is 10.6. The molecule has 2 unspecified atom stereocenters. The normalized spacial score (nSPS) is 14.9. The van der Waals surface area contributed by atoms with E-state index in [9.17, 15) is 4.79 Å². The number of aromatic nitrogens is 1. The van der Waals surface area contributed by atoms with E-state index in [1.807, 2.05) is 13.1 Å². The highest BCUT2D eigenvalue weighted by Crippen LogP contribution is 2.20. The summed E-state index contributed by atoms with van der Waals surface area (Å²) >= 11 is 1.63. The van der Waals surface area contributed by atoms with E-state index in [1.165, 1.54) is 4.88 Å². The quantitative estimate of drug-likeness (QED) is 0.807. The van der Waals surface area contributed by atoms with Gasteiger partial charge in [-0.05, 0) is 20.3 Å². The molecule has 0 radical (unpaired) electrons. The number of hydrogen-bond acceptors (Lipinski definition) is 4. The highest BCUT2D eigenvalue weighted by atomic mass is 32.1. The Bertz CT molecular complexity index is 338. The average molecular weight is 228 g/mol. The third-order valence-electron chi connectivity index (χ3n) is 2.16. The zero-order valence-electron chi connectivity index (χ0n) is 9.15. The molecule has 1 aromatic rings. The molecule has 0 bridgehead atoms. The van der Waals surface area contributed by atoms with E-state index in [0.29, 0.717) is 0 Å². The molecule has 0 aliphatic rings. The van der Waals surface area contributed by atoms with Gasteiger partial charge in [-0.2, -0.15) is 0 Å². The number of thiazole rings is 1. The summed E-state index contributed by atoms with van der Waals surface area (Å²) in [6, 6.07) is -0.560. The van der Waals surface area contributed by atoms with E-state index in [1.54, 1.807) is 18.3 Å². The molecule has 84 valence electrons. The SMILES string of the molecule is CCc1cnc(C(C)NC(C)C(=O)O)s1. The van der Waals surface area contributed by atoms with Crippen molar-refractivity contribution in [2.45, 2.75) is 39.3 Å². The Balaban J connectivity index is 2.60. The molecule has 5 heteroatoms. The van der Waals surface area contributed by atoms with Gasteiger partial charge < -0.3 is 5.11 Å². The Morgan fingerprint density at radius 1 is 1.67 bits per heavy atom. The first-order chi connectivity index (χ1) is 7.04. The molecule has 1 rings (SSSR count). The topological polar surface area (TPSA) is 62.2 Å². The molecule has 1 heterocycles. The van der Waals surface area contributed by atoms with Gasteiger partial charge in [-0.1, -0.05) is 6.92 Å². The molecule has 0 saturated heterocycles. The van der Waals surface area contributed by atoms with Crippen LogP contribution in [0.4, 0.5) is 0 Å². The number of rotatable bonds is 5. The number of nitrogens with one attached hydrogen (secondary N) is 1. The highest BCUT2D eigenvalue weighted by molar-refractivity contribution is 7.11. The van der Waals surface area contributed by atoms with Gasteiger partial charge in [0.2, 0.25) is 0 Å². The van der Waals surface area contributed by atoms with E-state index in [4.69, 9.17) is 5.11 Å². The van der Waals surface area contributed by atoms with Gasteiger partial charge in [-0.15, -0.1) is 11.3 Å². The minimum absolute atomic E-state index is 0.0126. The zero-order valence-corrected chi connectivity index (χ0v) is 9.97. The average Bonchev–Trinajstić information content (AvgIpc) is 2.65. The van der Waals surface area contributed by atoms with Crippen molar-refractivity contribution in [2.75, 3.05) is 0 Å². The van der Waals surface area contributed by atoms with Crippen molar-refractivity contribution in [3.05, 3.63) is 16.1 Å². The van der Waals surface area contributed by atoms with Crippen molar-refractivity contribution < 1.29 is 9.90 Å². The van der Waals surface area contributed by atoms with Crippen LogP contribution in [0.2, 0.25) is 0 Å². The molecular weight excluding hydrogens is 212 g/mol. The Morgan fingerprint density at radius 3 is 2.80 bits per heavy atom. The lowest BCUT2D eigenvalue weighted by atomic mass is 10.3. The number of carboxylic acids is 1. The lowest BCUT2D eigenvalue weighted by Crippen LogP contribution is -2.35. The standard InChI is InChI=1S/C10H16N2O2S/c1-4-8-5-11-9(15-8)6(2)12-7(3)10(13)14/h5-7,12H,4H2,1-3H3,(H,13,14). The van der Waals surface area contributed by atoms with Crippen LogP contribution in [0.15, 0.2) is 6.20 Å². The number of aliphatic carboxylic acids is 1. The fraction of sp³-hybridized carbons (Fsp3) is 0.600. The molecule has 1 aromatic heterocycles. The van der Waals surface area contributed by atoms with Crippen LogP contribution in [-0.2, 0) is 11.2 Å². The van der Waals surface area contributed by atoms with Gasteiger partial charge in [0.05, 0.1) is 6.04 Å². The predicted octanol–water partition coefficient (Wildman–Crippen LogP) is 1.83. The molecule has 2 atom stereocenters. The summed E-state index contributed by atoms with van der Waals surface area (Å²) in [5.74, 6) is -0.839. The van der Waals surface area contributed by atoms with E-state index >= 15 is 0 Å². The predicted molar refractivity (Wildman–Crippen MR) is 60.1 cm³/mol. The number of aryl methyl sites for hydroxylation is 1. The summed E-state index contributed by atoms with van der Waals surface area (Å²) in [5.41, 5.74) is 0. The molecule has 0 aromatic carbocycles. The number of carbonyl (C=O) groups is 1. The summed E-state index contributed by atoms with van der Waals surface area (Å²) in [5, 5.41) is 12.7. The van der Waals surface area contributed by atoms with Crippen LogP contribution in [0.25, 0.3) is 0 Å². The first-order valence-corrected chi connectivity index (χ1v) is 5.79. The summed E-state index contributed by atoms with van der Waals surface area (Å²) in [7, 11) is 0. The van der Waals surface area contributed by atoms with Crippen LogP contribution in [0, 0.1) is 0 Å². The summed E-state index contributed by atoms with van der Waals surface area (Å²) < 4.78 is 0. The van der Waals surface area contributed by atoms with Crippen molar-refractivity contribution in [3.8, 4) is 0 Å². The smallest absolute Gasteiger partial charge is 0.320 e. The van der Waals surface area contributed by atoms with Crippen molar-refractivity contribution in [3.63, 3.8) is 0 Å². The second kappa shape index (κ2) is 5.23. The summed E-state index contributed by atoms with van der Waals surface area (Å²) in [6.45, 7) is 5.64. The van der Waals surface area contributed by atoms with Crippen molar-refractivity contribution in [2.24, 2.45) is 0 Å². The lowest BCUT2D eigenvalue weighted by Gasteiger charge is -2.14. The molecule has 0 fully saturated rings. The van der Waals surface area contributed by atoms with Crippen LogP contribution in [0.1, 0.15) is 36.7 Å². The van der Waals surface area contributed by atoms with Crippen LogP contribution in [-0.4, -0.2) is 22.1 Å². The third kappa shape index (κ3) is 3.28. The molecule has 0 aliphatic heterocycles. The summed E-state index contributed by atoms with van der Waals surface area (Å²) in [4.78, 5) is 16.1. The molecule has 0 aliphatic carbocycles. The second-order valence-electron chi connectivity index (χ2n) is 3.47. The molecular formula is C10H16N2O2S. The Morgan fingerprint density at radius 2 is 2.33 bits per heavy atom. The van der Waals surface area contributed by atoms with E-state index in [2.05, 4.69) is 17.2 Å². The molecule has 4 nitrogen and oxygen atoms in total. The van der Waals surface area contributed by atoms with Gasteiger partial charge in [-0.3, -0.25) is 10.1 Å². The number of nitrogens with zero attached hydrogens (tertiary/aromatic N) is 1. The zero-order chi connectivity index (χ0) is 11.4. The van der Waals surface area contributed by atoms with E-state index < -0.39 is 12.0 Å². The Kier molecular flexibility index (Phi) is 4.23. The first kappa shape index (κ1) is 12.1. The molecule has 0 amide bonds. The van der Waals surface area contributed by atoms with Gasteiger partial charge in [0.1, 0.15) is 11.0 Å². The molecule has 15 heavy (non-hydrogen) atoms. The third-order valence-corrected chi connectivity index (χ3v) is 3.49. The van der Waals surface area contributed by atoms with E-state index in [0.717, 1.165) is 11.4 Å². The fourth-order valence-corrected chi connectivity index (χ4v) is 2.07. The van der Waals surface area contributed by atoms with Crippen molar-refractivity contribution in [1.82, 2.24) is 10.3 Å². The van der Waals surface area contributed by atoms with Gasteiger partial charge in [0, 0.05) is 11.1 Å². The number of hydrogen-bond donors (Lipinski definition) is 2. The van der Waals surface area contributed by atoms with Crippen LogP contribution in [0.3, 0.4) is 0 Å². The van der Waals surface area contributed by atoms with Crippen LogP contribution < -0.4 is 5.32 Å².